The van der Waals surface area contributed by atoms with Gasteiger partial charge in [0.25, 0.3) is 0 Å². The minimum Gasteiger partial charge on any atom is -0.492 e. The van der Waals surface area contributed by atoms with Crippen LogP contribution in [0.5, 0.6) is 5.75 Å². The van der Waals surface area contributed by atoms with Gasteiger partial charge in [-0.25, -0.2) is 4.52 Å². The Morgan fingerprint density at radius 1 is 1.22 bits per heavy atom. The van der Waals surface area contributed by atoms with Crippen LogP contribution in [-0.4, -0.2) is 55.9 Å². The molecule has 0 bridgehead atoms. The number of hydrogen-bond donors (Lipinski definition) is 3. The van der Waals surface area contributed by atoms with Crippen LogP contribution in [0.25, 0.3) is 5.65 Å². The molecule has 142 valence electrons. The molecule has 0 amide bonds. The van der Waals surface area contributed by atoms with Crippen molar-refractivity contribution in [2.45, 2.75) is 18.9 Å². The van der Waals surface area contributed by atoms with Crippen molar-refractivity contribution in [2.24, 2.45) is 0 Å². The second-order valence-corrected chi connectivity index (χ2v) is 6.14. The molecule has 1 unspecified atom stereocenters. The fraction of sp³-hybridized carbons (Fsp3) is 0.333. The van der Waals surface area contributed by atoms with E-state index in [2.05, 4.69) is 20.8 Å². The minimum atomic E-state index is -0.856. The van der Waals surface area contributed by atoms with Gasteiger partial charge < -0.3 is 20.3 Å². The molecule has 0 spiro atoms. The third kappa shape index (κ3) is 4.78. The number of benzene rings is 1. The molecule has 27 heavy (non-hydrogen) atoms. The molecule has 9 nitrogen and oxygen atoms in total. The fourth-order valence-corrected chi connectivity index (χ4v) is 2.55. The van der Waals surface area contributed by atoms with E-state index in [1.807, 2.05) is 0 Å². The van der Waals surface area contributed by atoms with E-state index in [1.165, 1.54) is 4.52 Å². The zero-order valence-corrected chi connectivity index (χ0v) is 14.8. The van der Waals surface area contributed by atoms with Crippen molar-refractivity contribution in [2.75, 3.05) is 19.7 Å². The maximum atomic E-state index is 11.0. The number of aliphatic carboxylic acids is 1. The number of carboxylic acids is 1. The van der Waals surface area contributed by atoms with Gasteiger partial charge in [0, 0.05) is 24.8 Å². The van der Waals surface area contributed by atoms with Crippen molar-refractivity contribution >= 4 is 11.6 Å². The lowest BCUT2D eigenvalue weighted by Gasteiger charge is -2.13. The molecule has 0 fully saturated rings. The summed E-state index contributed by atoms with van der Waals surface area (Å²) in [6.07, 6.45) is 1.01. The van der Waals surface area contributed by atoms with Crippen LogP contribution in [-0.2, 0) is 4.79 Å². The Bertz CT molecular complexity index is 896. The van der Waals surface area contributed by atoms with Gasteiger partial charge >= 0.3 is 5.97 Å². The smallest absolute Gasteiger partial charge is 0.310 e. The first-order valence-electron chi connectivity index (χ1n) is 8.56. The molecular formula is C18H21N5O4. The van der Waals surface area contributed by atoms with Crippen LogP contribution in [0, 0.1) is 0 Å². The molecule has 2 atom stereocenters. The first kappa shape index (κ1) is 18.7. The van der Waals surface area contributed by atoms with E-state index >= 15 is 0 Å². The molecule has 0 saturated heterocycles. The summed E-state index contributed by atoms with van der Waals surface area (Å²) in [5.41, 5.74) is 2.07. The predicted molar refractivity (Wildman–Crippen MR) is 96.6 cm³/mol. The zero-order valence-electron chi connectivity index (χ0n) is 14.8. The van der Waals surface area contributed by atoms with Crippen LogP contribution >= 0.6 is 0 Å². The Kier molecular flexibility index (Phi) is 5.94. The summed E-state index contributed by atoms with van der Waals surface area (Å²) in [6, 6.07) is 10.5. The molecule has 0 aliphatic carbocycles. The molecule has 3 rings (SSSR count). The topological polar surface area (TPSA) is 122 Å². The molecular weight excluding hydrogens is 350 g/mol. The average molecular weight is 371 g/mol. The largest absolute Gasteiger partial charge is 0.492 e. The third-order valence-electron chi connectivity index (χ3n) is 4.24. The van der Waals surface area contributed by atoms with Gasteiger partial charge in [-0.2, -0.15) is 0 Å². The highest BCUT2D eigenvalue weighted by Crippen LogP contribution is 2.19. The Balaban J connectivity index is 1.40. The van der Waals surface area contributed by atoms with Crippen molar-refractivity contribution in [1.29, 1.82) is 0 Å². The number of nitrogens with zero attached hydrogens (tertiary/aromatic N) is 4. The summed E-state index contributed by atoms with van der Waals surface area (Å²) in [4.78, 5) is 11.0. The van der Waals surface area contributed by atoms with Crippen LogP contribution in [0.3, 0.4) is 0 Å². The number of ether oxygens (including phenoxy) is 1. The number of hydrogen-bond acceptors (Lipinski definition) is 7. The molecule has 0 aliphatic heterocycles. The second-order valence-electron chi connectivity index (χ2n) is 6.14. The highest BCUT2D eigenvalue weighted by atomic mass is 16.5. The Morgan fingerprint density at radius 3 is 2.70 bits per heavy atom. The number of nitrogens with one attached hydrogen (secondary N) is 1. The van der Waals surface area contributed by atoms with Crippen molar-refractivity contribution in [3.63, 3.8) is 0 Å². The first-order valence-corrected chi connectivity index (χ1v) is 8.56. The van der Waals surface area contributed by atoms with E-state index < -0.39 is 18.0 Å². The molecule has 3 N–H and O–H groups in total. The second kappa shape index (κ2) is 8.56. The highest BCUT2D eigenvalue weighted by Gasteiger charge is 2.13. The number of carbonyl (C=O) groups is 1. The van der Waals surface area contributed by atoms with Gasteiger partial charge in [-0.3, -0.25) is 4.79 Å². The molecule has 0 aliphatic rings. The average Bonchev–Trinajstić information content (AvgIpc) is 3.15. The number of aromatic nitrogens is 4. The van der Waals surface area contributed by atoms with Crippen LogP contribution in [0.15, 0.2) is 42.6 Å². The normalized spacial score (nSPS) is 13.4. The van der Waals surface area contributed by atoms with Crippen molar-refractivity contribution in [3.8, 4) is 5.75 Å². The van der Waals surface area contributed by atoms with Gasteiger partial charge in [0.1, 0.15) is 12.4 Å². The molecule has 0 saturated carbocycles. The maximum absolute atomic E-state index is 11.0. The quantitative estimate of drug-likeness (QED) is 0.477. The summed E-state index contributed by atoms with van der Waals surface area (Å²) < 4.78 is 7.12. The number of rotatable bonds is 9. The molecule has 9 heteroatoms. The van der Waals surface area contributed by atoms with E-state index in [0.717, 1.165) is 5.56 Å². The van der Waals surface area contributed by atoms with E-state index in [0.29, 0.717) is 36.7 Å². The summed E-state index contributed by atoms with van der Waals surface area (Å²) in [6.45, 7) is 2.99. The predicted octanol–water partition coefficient (Wildman–Crippen LogP) is 1.01. The summed E-state index contributed by atoms with van der Waals surface area (Å²) in [5, 5.41) is 33.5. The summed E-state index contributed by atoms with van der Waals surface area (Å²) in [5.74, 6) is -0.733. The van der Waals surface area contributed by atoms with Crippen molar-refractivity contribution in [3.05, 3.63) is 53.7 Å². The van der Waals surface area contributed by atoms with Crippen LogP contribution < -0.4 is 10.1 Å². The fourth-order valence-electron chi connectivity index (χ4n) is 2.55. The number of aliphatic hydroxyl groups is 1. The summed E-state index contributed by atoms with van der Waals surface area (Å²) in [7, 11) is 0. The Labute approximate surface area is 155 Å². The van der Waals surface area contributed by atoms with Crippen LogP contribution in [0.4, 0.5) is 0 Å². The number of pyridine rings is 1. The van der Waals surface area contributed by atoms with E-state index in [-0.39, 0.29) is 0 Å². The molecule has 1 aromatic carbocycles. The Morgan fingerprint density at radius 2 is 1.96 bits per heavy atom. The monoisotopic (exact) mass is 371 g/mol. The van der Waals surface area contributed by atoms with Gasteiger partial charge in [-0.05, 0) is 41.1 Å². The van der Waals surface area contributed by atoms with E-state index in [1.54, 1.807) is 49.5 Å². The van der Waals surface area contributed by atoms with Crippen LogP contribution in [0.2, 0.25) is 0 Å². The SMILES string of the molecule is CC(C(=O)O)c1ccc(OCCNC[C@H](O)c2ccc3nnnn3c2)cc1. The lowest BCUT2D eigenvalue weighted by molar-refractivity contribution is -0.138. The molecule has 2 aromatic heterocycles. The van der Waals surface area contributed by atoms with Gasteiger partial charge in [0.05, 0.1) is 12.0 Å². The molecule has 2 heterocycles. The van der Waals surface area contributed by atoms with Crippen molar-refractivity contribution in [1.82, 2.24) is 25.4 Å². The third-order valence-corrected chi connectivity index (χ3v) is 4.24. The number of aliphatic hydroxyl groups excluding tert-OH is 1. The van der Waals surface area contributed by atoms with E-state index in [4.69, 9.17) is 9.84 Å². The zero-order chi connectivity index (χ0) is 19.2. The van der Waals surface area contributed by atoms with Gasteiger partial charge in [-0.15, -0.1) is 5.10 Å². The highest BCUT2D eigenvalue weighted by molar-refractivity contribution is 5.75. The first-order chi connectivity index (χ1) is 13.0. The standard InChI is InChI=1S/C18H21N5O4/c1-12(18(25)26)13-2-5-15(6-3-13)27-9-8-19-10-16(24)14-4-7-17-20-21-22-23(17)11-14/h2-7,11-12,16,19,24H,8-10H2,1H3,(H,25,26)/t12?,16-/m0/s1. The lowest BCUT2D eigenvalue weighted by atomic mass is 10.0. The van der Waals surface area contributed by atoms with E-state index in [9.17, 15) is 9.90 Å². The van der Waals surface area contributed by atoms with Crippen LogP contribution in [0.1, 0.15) is 30.1 Å². The lowest BCUT2D eigenvalue weighted by Crippen LogP contribution is -2.26. The number of carboxylic acid groups (broad SMARTS) is 1. The number of fused-ring (bicyclic) bond motifs is 1. The molecule has 0 radical (unpaired) electrons. The van der Waals surface area contributed by atoms with Gasteiger partial charge in [0.15, 0.2) is 5.65 Å². The van der Waals surface area contributed by atoms with Crippen molar-refractivity contribution < 1.29 is 19.7 Å². The number of tetrazole rings is 1. The maximum Gasteiger partial charge on any atom is 0.310 e. The van der Waals surface area contributed by atoms with Gasteiger partial charge in [-0.1, -0.05) is 18.2 Å². The van der Waals surface area contributed by atoms with Gasteiger partial charge in [0.2, 0.25) is 0 Å². The minimum absolute atomic E-state index is 0.367. The Hall–Kier alpha value is -3.04. The molecule has 3 aromatic rings. The summed E-state index contributed by atoms with van der Waals surface area (Å²) >= 11 is 0.